The molecule has 0 spiro atoms. The topological polar surface area (TPSA) is 97.0 Å². The van der Waals surface area contributed by atoms with Crippen LogP contribution in [-0.2, 0) is 23.9 Å². The average Bonchev–Trinajstić information content (AvgIpc) is 3.00. The van der Waals surface area contributed by atoms with E-state index in [1.807, 2.05) is 13.8 Å². The van der Waals surface area contributed by atoms with Gasteiger partial charge in [-0.2, -0.15) is 0 Å². The van der Waals surface area contributed by atoms with Crippen LogP contribution in [0.25, 0.3) is 0 Å². The molecule has 0 radical (unpaired) electrons. The first-order chi connectivity index (χ1) is 11.3. The minimum Gasteiger partial charge on any atom is -0.379 e. The van der Waals surface area contributed by atoms with E-state index in [1.54, 1.807) is 6.92 Å². The zero-order chi connectivity index (χ0) is 18.3. The first-order valence-corrected chi connectivity index (χ1v) is 8.23. The van der Waals surface area contributed by atoms with Gasteiger partial charge in [0.25, 0.3) is 0 Å². The third-order valence-electron chi connectivity index (χ3n) is 3.97. The molecular formula is C16H29N3O5. The maximum Gasteiger partial charge on any atom is 0.248 e. The Morgan fingerprint density at radius 3 is 2.38 bits per heavy atom. The number of likely N-dealkylation sites (tertiary alicyclic amines) is 1. The maximum atomic E-state index is 12.9. The molecule has 2 N–H and O–H groups in total. The molecule has 8 heteroatoms. The molecule has 1 heterocycles. The molecule has 24 heavy (non-hydrogen) atoms. The molecule has 0 saturated carbocycles. The first kappa shape index (κ1) is 20.4. The SMILES string of the molecule is COCC(=O)NC(C(=O)N1CCCC1C(=O)NC(C)C)C(C)OC. The molecule has 1 aliphatic rings. The number of nitrogens with one attached hydrogen (secondary N) is 2. The van der Waals surface area contributed by atoms with Crippen molar-refractivity contribution in [3.05, 3.63) is 0 Å². The summed E-state index contributed by atoms with van der Waals surface area (Å²) in [5.41, 5.74) is 0. The lowest BCUT2D eigenvalue weighted by molar-refractivity contribution is -0.144. The van der Waals surface area contributed by atoms with Crippen molar-refractivity contribution in [3.63, 3.8) is 0 Å². The van der Waals surface area contributed by atoms with Crippen molar-refractivity contribution in [1.29, 1.82) is 0 Å². The second-order valence-electron chi connectivity index (χ2n) is 6.27. The van der Waals surface area contributed by atoms with Gasteiger partial charge in [0.2, 0.25) is 17.7 Å². The van der Waals surface area contributed by atoms with Crippen LogP contribution in [-0.4, -0.2) is 74.2 Å². The predicted octanol–water partition coefficient (Wildman–Crippen LogP) is -0.332. The van der Waals surface area contributed by atoms with Gasteiger partial charge in [0.15, 0.2) is 0 Å². The van der Waals surface area contributed by atoms with Crippen LogP contribution >= 0.6 is 0 Å². The van der Waals surface area contributed by atoms with Gasteiger partial charge < -0.3 is 25.0 Å². The molecule has 3 unspecified atom stereocenters. The molecule has 0 bridgehead atoms. The Morgan fingerprint density at radius 2 is 1.83 bits per heavy atom. The number of amides is 3. The summed E-state index contributed by atoms with van der Waals surface area (Å²) < 4.78 is 10.0. The van der Waals surface area contributed by atoms with Crippen LogP contribution in [0, 0.1) is 0 Å². The molecule has 1 fully saturated rings. The third-order valence-corrected chi connectivity index (χ3v) is 3.97. The molecule has 138 valence electrons. The lowest BCUT2D eigenvalue weighted by atomic mass is 10.1. The Balaban J connectivity index is 2.87. The van der Waals surface area contributed by atoms with Gasteiger partial charge in [-0.15, -0.1) is 0 Å². The summed E-state index contributed by atoms with van der Waals surface area (Å²) in [6.07, 6.45) is 0.847. The number of ether oxygens (including phenoxy) is 2. The molecule has 1 rings (SSSR count). The zero-order valence-corrected chi connectivity index (χ0v) is 15.1. The number of hydrogen-bond acceptors (Lipinski definition) is 5. The van der Waals surface area contributed by atoms with Crippen LogP contribution < -0.4 is 10.6 Å². The molecule has 0 aliphatic carbocycles. The molecule has 8 nitrogen and oxygen atoms in total. The van der Waals surface area contributed by atoms with E-state index < -0.39 is 24.1 Å². The fourth-order valence-corrected chi connectivity index (χ4v) is 2.72. The molecule has 0 aromatic heterocycles. The van der Waals surface area contributed by atoms with Crippen molar-refractivity contribution in [1.82, 2.24) is 15.5 Å². The number of hydrogen-bond donors (Lipinski definition) is 2. The van der Waals surface area contributed by atoms with E-state index in [0.717, 1.165) is 6.42 Å². The largest absolute Gasteiger partial charge is 0.379 e. The van der Waals surface area contributed by atoms with Crippen molar-refractivity contribution in [2.45, 2.75) is 57.8 Å². The van der Waals surface area contributed by atoms with Gasteiger partial charge in [0, 0.05) is 26.8 Å². The fourth-order valence-electron chi connectivity index (χ4n) is 2.72. The van der Waals surface area contributed by atoms with Gasteiger partial charge >= 0.3 is 0 Å². The van der Waals surface area contributed by atoms with E-state index in [2.05, 4.69) is 10.6 Å². The molecule has 0 aromatic rings. The van der Waals surface area contributed by atoms with Gasteiger partial charge in [-0.05, 0) is 33.6 Å². The highest BCUT2D eigenvalue weighted by Crippen LogP contribution is 2.20. The lowest BCUT2D eigenvalue weighted by Gasteiger charge is -2.31. The van der Waals surface area contributed by atoms with Gasteiger partial charge in [-0.1, -0.05) is 0 Å². The smallest absolute Gasteiger partial charge is 0.248 e. The van der Waals surface area contributed by atoms with Crippen LogP contribution in [0.4, 0.5) is 0 Å². The van der Waals surface area contributed by atoms with Crippen molar-refractivity contribution in [3.8, 4) is 0 Å². The predicted molar refractivity (Wildman–Crippen MR) is 88.3 cm³/mol. The number of carbonyl (C=O) groups excluding carboxylic acids is 3. The summed E-state index contributed by atoms with van der Waals surface area (Å²) in [5.74, 6) is -0.875. The van der Waals surface area contributed by atoms with E-state index in [0.29, 0.717) is 13.0 Å². The summed E-state index contributed by atoms with van der Waals surface area (Å²) >= 11 is 0. The number of methoxy groups -OCH3 is 2. The summed E-state index contributed by atoms with van der Waals surface area (Å²) in [7, 11) is 2.88. The Bertz CT molecular complexity index is 455. The molecule has 0 aromatic carbocycles. The van der Waals surface area contributed by atoms with E-state index in [4.69, 9.17) is 9.47 Å². The second-order valence-corrected chi connectivity index (χ2v) is 6.27. The third kappa shape index (κ3) is 5.45. The highest BCUT2D eigenvalue weighted by Gasteiger charge is 2.39. The zero-order valence-electron chi connectivity index (χ0n) is 15.1. The normalized spacial score (nSPS) is 19.9. The van der Waals surface area contributed by atoms with Gasteiger partial charge in [0.1, 0.15) is 18.7 Å². The first-order valence-electron chi connectivity index (χ1n) is 8.23. The Labute approximate surface area is 143 Å². The van der Waals surface area contributed by atoms with Gasteiger partial charge in [-0.25, -0.2) is 0 Å². The minimum atomic E-state index is -0.856. The average molecular weight is 343 g/mol. The van der Waals surface area contributed by atoms with Crippen LogP contribution in [0.2, 0.25) is 0 Å². The van der Waals surface area contributed by atoms with Crippen LogP contribution in [0.1, 0.15) is 33.6 Å². The number of nitrogens with zero attached hydrogens (tertiary/aromatic N) is 1. The molecule has 3 atom stereocenters. The van der Waals surface area contributed by atoms with E-state index >= 15 is 0 Å². The Hall–Kier alpha value is -1.67. The maximum absolute atomic E-state index is 12.9. The van der Waals surface area contributed by atoms with Gasteiger partial charge in [0.05, 0.1) is 6.10 Å². The highest BCUT2D eigenvalue weighted by atomic mass is 16.5. The monoisotopic (exact) mass is 343 g/mol. The van der Waals surface area contributed by atoms with Crippen LogP contribution in [0.3, 0.4) is 0 Å². The van der Waals surface area contributed by atoms with Crippen molar-refractivity contribution in [2.24, 2.45) is 0 Å². The van der Waals surface area contributed by atoms with Crippen molar-refractivity contribution < 1.29 is 23.9 Å². The number of carbonyl (C=O) groups is 3. The standard InChI is InChI=1S/C16H29N3O5/c1-10(2)17-15(21)12-7-6-8-19(12)16(22)14(11(3)24-5)18-13(20)9-23-4/h10-12,14H,6-9H2,1-5H3,(H,17,21)(H,18,20). The summed E-state index contributed by atoms with van der Waals surface area (Å²) in [5, 5.41) is 5.48. The van der Waals surface area contributed by atoms with Crippen molar-refractivity contribution in [2.75, 3.05) is 27.4 Å². The van der Waals surface area contributed by atoms with Crippen LogP contribution in [0.15, 0.2) is 0 Å². The molecule has 1 aliphatic heterocycles. The molecular weight excluding hydrogens is 314 g/mol. The summed E-state index contributed by atoms with van der Waals surface area (Å²) in [4.78, 5) is 38.6. The second kappa shape index (κ2) is 9.58. The lowest BCUT2D eigenvalue weighted by Crippen LogP contribution is -2.58. The number of rotatable bonds is 8. The fraction of sp³-hybridized carbons (Fsp3) is 0.812. The van der Waals surface area contributed by atoms with Crippen LogP contribution in [0.5, 0.6) is 0 Å². The quantitative estimate of drug-likeness (QED) is 0.629. The molecule has 1 saturated heterocycles. The Morgan fingerprint density at radius 1 is 1.17 bits per heavy atom. The van der Waals surface area contributed by atoms with Gasteiger partial charge in [-0.3, -0.25) is 14.4 Å². The Kier molecular flexibility index (Phi) is 8.14. The summed E-state index contributed by atoms with van der Waals surface area (Å²) in [6.45, 7) is 5.80. The minimum absolute atomic E-state index is 0.00477. The van der Waals surface area contributed by atoms with E-state index in [9.17, 15) is 14.4 Å². The van der Waals surface area contributed by atoms with E-state index in [1.165, 1.54) is 19.1 Å². The molecule has 3 amide bonds. The highest BCUT2D eigenvalue weighted by molar-refractivity contribution is 5.93. The van der Waals surface area contributed by atoms with E-state index in [-0.39, 0.29) is 24.5 Å². The summed E-state index contributed by atoms with van der Waals surface area (Å²) in [6, 6.07) is -1.36. The van der Waals surface area contributed by atoms with Crippen molar-refractivity contribution >= 4 is 17.7 Å².